The number of rotatable bonds is 1. The summed E-state index contributed by atoms with van der Waals surface area (Å²) >= 11 is 0. The topological polar surface area (TPSA) is 26.3 Å². The summed E-state index contributed by atoms with van der Waals surface area (Å²) in [6.45, 7) is 1.14. The number of hydrogen-bond donors (Lipinski definition) is 0. The normalized spacial score (nSPS) is 28.6. The largest absolute Gasteiger partial charge is 0.462 e. The molecule has 1 rings (SSSR count). The van der Waals surface area contributed by atoms with Crippen LogP contribution in [0, 0.1) is 5.92 Å². The van der Waals surface area contributed by atoms with Crippen molar-refractivity contribution >= 4 is 5.97 Å². The second-order valence-corrected chi connectivity index (χ2v) is 3.58. The highest BCUT2D eigenvalue weighted by atomic mass is 19.4. The van der Waals surface area contributed by atoms with Crippen LogP contribution in [0.5, 0.6) is 0 Å². The first kappa shape index (κ1) is 11.3. The summed E-state index contributed by atoms with van der Waals surface area (Å²) in [5.74, 6) is -2.11. The second-order valence-electron chi connectivity index (χ2n) is 3.58. The third kappa shape index (κ3) is 2.89. The van der Waals surface area contributed by atoms with Gasteiger partial charge in [-0.1, -0.05) is 6.42 Å². The number of ether oxygens (including phenoxy) is 1. The Hall–Kier alpha value is -0.740. The molecular weight excluding hydrogens is 197 g/mol. The van der Waals surface area contributed by atoms with Gasteiger partial charge in [-0.2, -0.15) is 13.2 Å². The zero-order chi connectivity index (χ0) is 10.8. The molecule has 0 aromatic rings. The second kappa shape index (κ2) is 4.19. The van der Waals surface area contributed by atoms with Gasteiger partial charge >= 0.3 is 12.1 Å². The molecule has 0 aromatic heterocycles. The lowest BCUT2D eigenvalue weighted by atomic mass is 9.86. The molecule has 0 saturated heterocycles. The van der Waals surface area contributed by atoms with E-state index >= 15 is 0 Å². The van der Waals surface area contributed by atoms with Crippen LogP contribution in [0.1, 0.15) is 32.6 Å². The molecule has 82 valence electrons. The lowest BCUT2D eigenvalue weighted by molar-refractivity contribution is -0.215. The number of halogens is 3. The Bertz CT molecular complexity index is 213. The number of hydrogen-bond acceptors (Lipinski definition) is 2. The standard InChI is InChI=1S/C9H13F3O2/c1-6(13)14-8-5-3-2-4-7(8)9(10,11)12/h7-8H,2-5H2,1H3. The maximum absolute atomic E-state index is 12.5. The monoisotopic (exact) mass is 210 g/mol. The van der Waals surface area contributed by atoms with Gasteiger partial charge < -0.3 is 4.74 Å². The number of esters is 1. The Labute approximate surface area is 80.4 Å². The third-order valence-corrected chi connectivity index (χ3v) is 2.44. The number of carbonyl (C=O) groups excluding carboxylic acids is 1. The fourth-order valence-electron chi connectivity index (χ4n) is 1.83. The minimum Gasteiger partial charge on any atom is -0.462 e. The van der Waals surface area contributed by atoms with E-state index in [9.17, 15) is 18.0 Å². The lowest BCUT2D eigenvalue weighted by Gasteiger charge is -2.32. The molecule has 1 fully saturated rings. The molecule has 1 aliphatic carbocycles. The quantitative estimate of drug-likeness (QED) is 0.622. The molecular formula is C9H13F3O2. The highest BCUT2D eigenvalue weighted by molar-refractivity contribution is 5.66. The van der Waals surface area contributed by atoms with Gasteiger partial charge in [0.1, 0.15) is 6.10 Å². The van der Waals surface area contributed by atoms with Crippen molar-refractivity contribution in [3.63, 3.8) is 0 Å². The van der Waals surface area contributed by atoms with E-state index in [1.165, 1.54) is 0 Å². The van der Waals surface area contributed by atoms with Crippen LogP contribution in [-0.2, 0) is 9.53 Å². The molecule has 5 heteroatoms. The van der Waals surface area contributed by atoms with E-state index < -0.39 is 24.2 Å². The van der Waals surface area contributed by atoms with Crippen LogP contribution in [0.4, 0.5) is 13.2 Å². The van der Waals surface area contributed by atoms with Crippen molar-refractivity contribution in [2.75, 3.05) is 0 Å². The summed E-state index contributed by atoms with van der Waals surface area (Å²) in [6.07, 6.45) is -3.57. The highest BCUT2D eigenvalue weighted by Crippen LogP contribution is 2.39. The van der Waals surface area contributed by atoms with Crippen molar-refractivity contribution in [2.24, 2.45) is 5.92 Å². The number of alkyl halides is 3. The van der Waals surface area contributed by atoms with Gasteiger partial charge in [-0.15, -0.1) is 0 Å². The minimum atomic E-state index is -4.25. The van der Waals surface area contributed by atoms with E-state index in [2.05, 4.69) is 4.74 Å². The third-order valence-electron chi connectivity index (χ3n) is 2.44. The van der Waals surface area contributed by atoms with E-state index in [0.29, 0.717) is 19.3 Å². The van der Waals surface area contributed by atoms with Gasteiger partial charge in [-0.05, 0) is 19.3 Å². The Morgan fingerprint density at radius 2 is 1.86 bits per heavy atom. The van der Waals surface area contributed by atoms with E-state index in [0.717, 1.165) is 6.92 Å². The first-order chi connectivity index (χ1) is 6.41. The fraction of sp³-hybridized carbons (Fsp3) is 0.889. The molecule has 2 atom stereocenters. The first-order valence-corrected chi connectivity index (χ1v) is 4.65. The Morgan fingerprint density at radius 3 is 2.36 bits per heavy atom. The summed E-state index contributed by atoms with van der Waals surface area (Å²) in [6, 6.07) is 0. The van der Waals surface area contributed by atoms with Crippen LogP contribution in [0.2, 0.25) is 0 Å². The van der Waals surface area contributed by atoms with Gasteiger partial charge in [0, 0.05) is 6.92 Å². The average molecular weight is 210 g/mol. The molecule has 0 bridgehead atoms. The van der Waals surface area contributed by atoms with Gasteiger partial charge in [0.05, 0.1) is 5.92 Å². The SMILES string of the molecule is CC(=O)OC1CCCCC1C(F)(F)F. The molecule has 2 nitrogen and oxygen atoms in total. The summed E-state index contributed by atoms with van der Waals surface area (Å²) in [5.41, 5.74) is 0. The smallest absolute Gasteiger partial charge is 0.395 e. The van der Waals surface area contributed by atoms with Crippen LogP contribution >= 0.6 is 0 Å². The van der Waals surface area contributed by atoms with Gasteiger partial charge in [0.2, 0.25) is 0 Å². The van der Waals surface area contributed by atoms with Gasteiger partial charge in [0.25, 0.3) is 0 Å². The summed E-state index contributed by atoms with van der Waals surface area (Å²) in [5, 5.41) is 0. The summed E-state index contributed by atoms with van der Waals surface area (Å²) in [4.78, 5) is 10.6. The maximum atomic E-state index is 12.5. The van der Waals surface area contributed by atoms with E-state index in [-0.39, 0.29) is 6.42 Å². The van der Waals surface area contributed by atoms with Gasteiger partial charge in [0.15, 0.2) is 0 Å². The molecule has 0 amide bonds. The van der Waals surface area contributed by atoms with Gasteiger partial charge in [-0.3, -0.25) is 4.79 Å². The zero-order valence-corrected chi connectivity index (χ0v) is 7.93. The summed E-state index contributed by atoms with van der Waals surface area (Å²) in [7, 11) is 0. The molecule has 0 N–H and O–H groups in total. The van der Waals surface area contributed by atoms with Crippen LogP contribution in [0.25, 0.3) is 0 Å². The van der Waals surface area contributed by atoms with Crippen LogP contribution < -0.4 is 0 Å². The van der Waals surface area contributed by atoms with Crippen molar-refractivity contribution in [1.82, 2.24) is 0 Å². The Balaban J connectivity index is 2.64. The van der Waals surface area contributed by atoms with Crippen molar-refractivity contribution in [1.29, 1.82) is 0 Å². The van der Waals surface area contributed by atoms with Crippen LogP contribution in [0.15, 0.2) is 0 Å². The highest BCUT2D eigenvalue weighted by Gasteiger charge is 2.46. The van der Waals surface area contributed by atoms with E-state index in [1.807, 2.05) is 0 Å². The predicted octanol–water partition coefficient (Wildman–Crippen LogP) is 2.67. The molecule has 0 spiro atoms. The zero-order valence-electron chi connectivity index (χ0n) is 7.93. The molecule has 1 aliphatic rings. The molecule has 0 radical (unpaired) electrons. The Morgan fingerprint density at radius 1 is 1.29 bits per heavy atom. The van der Waals surface area contributed by atoms with E-state index in [4.69, 9.17) is 0 Å². The molecule has 0 aromatic carbocycles. The number of carbonyl (C=O) groups is 1. The minimum absolute atomic E-state index is 0.0709. The van der Waals surface area contributed by atoms with Crippen molar-refractivity contribution < 1.29 is 22.7 Å². The lowest BCUT2D eigenvalue weighted by Crippen LogP contribution is -2.39. The van der Waals surface area contributed by atoms with Crippen LogP contribution in [-0.4, -0.2) is 18.2 Å². The summed E-state index contributed by atoms with van der Waals surface area (Å²) < 4.78 is 42.0. The maximum Gasteiger partial charge on any atom is 0.395 e. The molecule has 0 aliphatic heterocycles. The molecule has 1 saturated carbocycles. The van der Waals surface area contributed by atoms with Crippen molar-refractivity contribution in [2.45, 2.75) is 44.9 Å². The first-order valence-electron chi connectivity index (χ1n) is 4.65. The predicted molar refractivity (Wildman–Crippen MR) is 43.6 cm³/mol. The Kier molecular flexibility index (Phi) is 3.39. The molecule has 0 heterocycles. The molecule has 2 unspecified atom stereocenters. The molecule has 14 heavy (non-hydrogen) atoms. The van der Waals surface area contributed by atoms with Crippen LogP contribution in [0.3, 0.4) is 0 Å². The fourth-order valence-corrected chi connectivity index (χ4v) is 1.83. The average Bonchev–Trinajstić information content (AvgIpc) is 2.01. The van der Waals surface area contributed by atoms with Gasteiger partial charge in [-0.25, -0.2) is 0 Å². The van der Waals surface area contributed by atoms with Crippen molar-refractivity contribution in [3.8, 4) is 0 Å². The van der Waals surface area contributed by atoms with Crippen molar-refractivity contribution in [3.05, 3.63) is 0 Å². The van der Waals surface area contributed by atoms with E-state index in [1.54, 1.807) is 0 Å².